The average Bonchev–Trinajstić information content (AvgIpc) is 2.56. The Bertz CT molecular complexity index is 432. The van der Waals surface area contributed by atoms with Gasteiger partial charge in [-0.05, 0) is 40.5 Å². The monoisotopic (exact) mass is 453 g/mol. The molecular formula is C20H39NO4S3. The first-order valence-corrected chi connectivity index (χ1v) is 13.4. The first kappa shape index (κ1) is 27.9. The molecule has 0 atom stereocenters. The summed E-state index contributed by atoms with van der Waals surface area (Å²) in [5.41, 5.74) is -0.485. The number of rotatable bonds is 18. The molecule has 8 heteroatoms. The lowest BCUT2D eigenvalue weighted by molar-refractivity contribution is -0.157. The smallest absolute Gasteiger partial charge is 0.307 e. The van der Waals surface area contributed by atoms with E-state index >= 15 is 0 Å². The second-order valence-corrected chi connectivity index (χ2v) is 12.6. The van der Waals surface area contributed by atoms with Gasteiger partial charge in [0.15, 0.2) is 0 Å². The highest BCUT2D eigenvalue weighted by Crippen LogP contribution is 2.33. The second-order valence-electron chi connectivity index (χ2n) is 8.08. The van der Waals surface area contributed by atoms with E-state index in [1.807, 2.05) is 61.0 Å². The third-order valence-corrected chi connectivity index (χ3v) is 7.73. The van der Waals surface area contributed by atoms with Crippen LogP contribution in [-0.2, 0) is 19.1 Å². The molecule has 1 amide bonds. The van der Waals surface area contributed by atoms with Gasteiger partial charge in [-0.25, -0.2) is 0 Å². The van der Waals surface area contributed by atoms with Crippen molar-refractivity contribution < 1.29 is 19.1 Å². The van der Waals surface area contributed by atoms with E-state index in [1.165, 1.54) is 0 Å². The van der Waals surface area contributed by atoms with Crippen LogP contribution in [0.3, 0.4) is 0 Å². The van der Waals surface area contributed by atoms with Gasteiger partial charge < -0.3 is 14.8 Å². The highest BCUT2D eigenvalue weighted by Gasteiger charge is 2.24. The minimum Gasteiger partial charge on any atom is -0.460 e. The molecule has 0 aromatic heterocycles. The van der Waals surface area contributed by atoms with E-state index in [1.54, 1.807) is 0 Å². The fourth-order valence-electron chi connectivity index (χ4n) is 2.13. The lowest BCUT2D eigenvalue weighted by Gasteiger charge is -2.26. The van der Waals surface area contributed by atoms with Gasteiger partial charge in [0.1, 0.15) is 5.60 Å². The number of thioether (sulfide) groups is 1. The summed E-state index contributed by atoms with van der Waals surface area (Å²) < 4.78 is 11.3. The van der Waals surface area contributed by atoms with Gasteiger partial charge in [0.25, 0.3) is 0 Å². The minimum atomic E-state index is -0.485. The summed E-state index contributed by atoms with van der Waals surface area (Å²) >= 11 is 1.83. The predicted octanol–water partition coefficient (Wildman–Crippen LogP) is 4.93. The highest BCUT2D eigenvalue weighted by molar-refractivity contribution is 8.76. The number of esters is 1. The van der Waals surface area contributed by atoms with Crippen molar-refractivity contribution in [3.05, 3.63) is 0 Å². The van der Waals surface area contributed by atoms with Crippen molar-refractivity contribution in [2.24, 2.45) is 0 Å². The molecule has 0 aliphatic carbocycles. The third kappa shape index (κ3) is 18.0. The van der Waals surface area contributed by atoms with Crippen LogP contribution in [0.1, 0.15) is 67.2 Å². The zero-order valence-corrected chi connectivity index (χ0v) is 20.8. The largest absolute Gasteiger partial charge is 0.460 e. The van der Waals surface area contributed by atoms with E-state index in [9.17, 15) is 9.59 Å². The Morgan fingerprint density at radius 3 is 2.39 bits per heavy atom. The molecule has 0 aliphatic heterocycles. The molecule has 0 spiro atoms. The minimum absolute atomic E-state index is 0.133. The molecule has 0 fully saturated rings. The fraction of sp³-hybridized carbons (Fsp3) is 0.900. The molecule has 0 saturated heterocycles. The van der Waals surface area contributed by atoms with E-state index in [0.717, 1.165) is 43.1 Å². The molecule has 0 aromatic carbocycles. The third-order valence-electron chi connectivity index (χ3n) is 3.85. The molecule has 1 N–H and O–H groups in total. The molecule has 0 aliphatic rings. The normalized spacial score (nSPS) is 12.2. The Balaban J connectivity index is 3.84. The molecule has 0 rings (SSSR count). The van der Waals surface area contributed by atoms with Gasteiger partial charge in [0, 0.05) is 35.0 Å². The van der Waals surface area contributed by atoms with Crippen LogP contribution in [-0.4, -0.2) is 59.2 Å². The molecule has 0 aromatic rings. The number of carbonyl (C=O) groups is 2. The lowest BCUT2D eigenvalue weighted by atomic mass is 10.1. The number of hydrogen-bond acceptors (Lipinski definition) is 7. The summed E-state index contributed by atoms with van der Waals surface area (Å²) in [7, 11) is 3.73. The van der Waals surface area contributed by atoms with Crippen molar-refractivity contribution in [3.8, 4) is 0 Å². The summed E-state index contributed by atoms with van der Waals surface area (Å²) in [5, 5.41) is 2.67. The van der Waals surface area contributed by atoms with Crippen molar-refractivity contribution in [1.29, 1.82) is 0 Å². The Morgan fingerprint density at radius 2 is 1.75 bits per heavy atom. The number of hydrogen-bond donors (Lipinski definition) is 1. The van der Waals surface area contributed by atoms with Crippen LogP contribution in [0.2, 0.25) is 0 Å². The number of carbonyl (C=O) groups excluding carboxylic acids is 2. The highest BCUT2D eigenvalue weighted by atomic mass is 33.1. The van der Waals surface area contributed by atoms with Gasteiger partial charge in [-0.1, -0.05) is 35.4 Å². The maximum Gasteiger partial charge on any atom is 0.307 e. The fourth-order valence-corrected chi connectivity index (χ4v) is 5.73. The van der Waals surface area contributed by atoms with E-state index < -0.39 is 5.60 Å². The van der Waals surface area contributed by atoms with Gasteiger partial charge in [-0.15, -0.1) is 0 Å². The van der Waals surface area contributed by atoms with Crippen molar-refractivity contribution in [2.75, 3.05) is 30.4 Å². The zero-order chi connectivity index (χ0) is 21.5. The van der Waals surface area contributed by atoms with Crippen LogP contribution in [0.15, 0.2) is 0 Å². The van der Waals surface area contributed by atoms with Gasteiger partial charge >= 0.3 is 5.97 Å². The van der Waals surface area contributed by atoms with Gasteiger partial charge in [0.2, 0.25) is 6.41 Å². The molecule has 166 valence electrons. The molecule has 0 unspecified atom stereocenters. The number of amides is 1. The first-order valence-electron chi connectivity index (χ1n) is 9.97. The van der Waals surface area contributed by atoms with Crippen LogP contribution in [0.4, 0.5) is 0 Å². The van der Waals surface area contributed by atoms with Crippen molar-refractivity contribution in [1.82, 2.24) is 5.32 Å². The van der Waals surface area contributed by atoms with Crippen LogP contribution in [0.5, 0.6) is 0 Å². The van der Waals surface area contributed by atoms with Crippen LogP contribution >= 0.6 is 33.3 Å². The van der Waals surface area contributed by atoms with Gasteiger partial charge in [-0.2, -0.15) is 11.8 Å². The van der Waals surface area contributed by atoms with Crippen molar-refractivity contribution in [2.45, 2.75) is 83.7 Å². The Labute approximate surface area is 184 Å². The summed E-state index contributed by atoms with van der Waals surface area (Å²) in [4.78, 5) is 22.3. The summed E-state index contributed by atoms with van der Waals surface area (Å²) in [5.74, 6) is 2.77. The maximum absolute atomic E-state index is 12.1. The molecule has 0 bridgehead atoms. The topological polar surface area (TPSA) is 64.6 Å². The van der Waals surface area contributed by atoms with E-state index in [0.29, 0.717) is 19.4 Å². The van der Waals surface area contributed by atoms with Gasteiger partial charge in [0.05, 0.1) is 19.1 Å². The average molecular weight is 454 g/mol. The number of ether oxygens (including phenoxy) is 2. The maximum atomic E-state index is 12.1. The Hall–Kier alpha value is -0.0500. The molecule has 0 heterocycles. The SMILES string of the molecule is CC(C)OCCC(C)(C)OC(=O)CCSC(C)(C)CCSSCCCNC=O. The quantitative estimate of drug-likeness (QED) is 0.137. The van der Waals surface area contributed by atoms with Crippen molar-refractivity contribution in [3.63, 3.8) is 0 Å². The first-order chi connectivity index (χ1) is 13.1. The second kappa shape index (κ2) is 15.7. The van der Waals surface area contributed by atoms with Crippen LogP contribution in [0, 0.1) is 0 Å². The summed E-state index contributed by atoms with van der Waals surface area (Å²) in [6, 6.07) is 0. The number of nitrogens with one attached hydrogen (secondary N) is 1. The van der Waals surface area contributed by atoms with E-state index in [-0.39, 0.29) is 16.8 Å². The molecule has 0 radical (unpaired) electrons. The molecule has 5 nitrogen and oxygen atoms in total. The Morgan fingerprint density at radius 1 is 1.07 bits per heavy atom. The molecule has 28 heavy (non-hydrogen) atoms. The van der Waals surface area contributed by atoms with E-state index in [4.69, 9.17) is 9.47 Å². The van der Waals surface area contributed by atoms with E-state index in [2.05, 4.69) is 19.2 Å². The van der Waals surface area contributed by atoms with Crippen LogP contribution < -0.4 is 5.32 Å². The Kier molecular flexibility index (Phi) is 15.7. The molecule has 0 saturated carbocycles. The van der Waals surface area contributed by atoms with Gasteiger partial charge in [-0.3, -0.25) is 9.59 Å². The standard InChI is InChI=1S/C20H39NO4S3/c1-17(2)24-12-9-19(3,4)25-18(23)8-14-26-20(5,6)10-15-28-27-13-7-11-21-16-22/h16-17H,7-15H2,1-6H3,(H,21,22). The summed E-state index contributed by atoms with van der Waals surface area (Å²) in [6.07, 6.45) is 4.17. The lowest BCUT2D eigenvalue weighted by Crippen LogP contribution is -2.30. The zero-order valence-electron chi connectivity index (χ0n) is 18.4. The molecular weight excluding hydrogens is 414 g/mol. The summed E-state index contributed by atoms with van der Waals surface area (Å²) in [6.45, 7) is 13.7. The van der Waals surface area contributed by atoms with Crippen LogP contribution in [0.25, 0.3) is 0 Å². The predicted molar refractivity (Wildman–Crippen MR) is 125 cm³/mol. The van der Waals surface area contributed by atoms with Crippen molar-refractivity contribution >= 4 is 45.7 Å².